The maximum atomic E-state index is 12.6. The molecule has 0 atom stereocenters. The third-order valence-electron chi connectivity index (χ3n) is 3.53. The summed E-state index contributed by atoms with van der Waals surface area (Å²) in [5, 5.41) is 10.3. The van der Waals surface area contributed by atoms with Crippen molar-refractivity contribution in [1.82, 2.24) is 0 Å². The fraction of sp³-hybridized carbons (Fsp3) is 0.286. The van der Waals surface area contributed by atoms with Crippen molar-refractivity contribution in [3.63, 3.8) is 0 Å². The molecule has 0 amide bonds. The zero-order valence-electron chi connectivity index (χ0n) is 15.3. The highest BCUT2D eigenvalue weighted by Gasteiger charge is 2.18. The van der Waals surface area contributed by atoms with E-state index >= 15 is 0 Å². The van der Waals surface area contributed by atoms with Crippen LogP contribution in [0.2, 0.25) is 0 Å². The minimum absolute atomic E-state index is 0.123. The Kier molecular flexibility index (Phi) is 7.09. The zero-order chi connectivity index (χ0) is 18.9. The Bertz CT molecular complexity index is 763. The number of ether oxygens (including phenoxy) is 3. The number of carbonyl (C=O) groups is 1. The fourth-order valence-electron chi connectivity index (χ4n) is 2.44. The average Bonchev–Trinajstić information content (AvgIpc) is 2.61. The van der Waals surface area contributed by atoms with Crippen LogP contribution >= 0.6 is 0 Å². The third kappa shape index (κ3) is 5.02. The molecule has 26 heavy (non-hydrogen) atoms. The van der Waals surface area contributed by atoms with E-state index in [2.05, 4.69) is 0 Å². The molecule has 1 N–H and O–H groups in total. The van der Waals surface area contributed by atoms with Crippen LogP contribution in [0.1, 0.15) is 36.7 Å². The summed E-state index contributed by atoms with van der Waals surface area (Å²) < 4.78 is 16.3. The summed E-state index contributed by atoms with van der Waals surface area (Å²) in [4.78, 5) is 12.6. The molecule has 0 heterocycles. The summed E-state index contributed by atoms with van der Waals surface area (Å²) in [6.45, 7) is 7.01. The van der Waals surface area contributed by atoms with Gasteiger partial charge in [0.2, 0.25) is 0 Å². The van der Waals surface area contributed by atoms with Crippen molar-refractivity contribution in [2.45, 2.75) is 20.8 Å². The van der Waals surface area contributed by atoms with Crippen molar-refractivity contribution in [3.8, 4) is 23.0 Å². The lowest BCUT2D eigenvalue weighted by Gasteiger charge is -2.12. The topological polar surface area (TPSA) is 65.0 Å². The Morgan fingerprint density at radius 2 is 1.54 bits per heavy atom. The van der Waals surface area contributed by atoms with Crippen LogP contribution in [0.3, 0.4) is 0 Å². The van der Waals surface area contributed by atoms with E-state index in [4.69, 9.17) is 14.2 Å². The van der Waals surface area contributed by atoms with Gasteiger partial charge in [0.1, 0.15) is 28.6 Å². The molecule has 138 valence electrons. The molecule has 0 saturated carbocycles. The number of benzene rings is 2. The second-order valence-electron chi connectivity index (χ2n) is 5.38. The molecule has 0 unspecified atom stereocenters. The first kappa shape index (κ1) is 19.4. The van der Waals surface area contributed by atoms with Gasteiger partial charge < -0.3 is 19.3 Å². The quantitative estimate of drug-likeness (QED) is 0.530. The maximum Gasteiger partial charge on any atom is 0.193 e. The summed E-state index contributed by atoms with van der Waals surface area (Å²) in [6.07, 6.45) is 3.09. The van der Waals surface area contributed by atoms with E-state index in [1.165, 1.54) is 12.1 Å². The van der Waals surface area contributed by atoms with Crippen LogP contribution in [-0.4, -0.2) is 30.7 Å². The van der Waals surface area contributed by atoms with Gasteiger partial charge in [-0.2, -0.15) is 0 Å². The van der Waals surface area contributed by atoms with E-state index in [0.717, 1.165) is 11.3 Å². The molecule has 0 fully saturated rings. The van der Waals surface area contributed by atoms with Crippen molar-refractivity contribution < 1.29 is 24.1 Å². The molecule has 0 bridgehead atoms. The lowest BCUT2D eigenvalue weighted by molar-refractivity contribution is 0.104. The summed E-state index contributed by atoms with van der Waals surface area (Å²) in [6, 6.07) is 10.4. The summed E-state index contributed by atoms with van der Waals surface area (Å²) in [7, 11) is 0. The molecular formula is C21H24O5. The number of carbonyl (C=O) groups excluding carboxylic acids is 1. The molecule has 0 saturated heterocycles. The van der Waals surface area contributed by atoms with E-state index in [9.17, 15) is 9.90 Å². The molecule has 0 aliphatic heterocycles. The van der Waals surface area contributed by atoms with Crippen molar-refractivity contribution in [2.24, 2.45) is 0 Å². The van der Waals surface area contributed by atoms with E-state index in [0.29, 0.717) is 31.3 Å². The van der Waals surface area contributed by atoms with E-state index in [1.807, 2.05) is 45.0 Å². The van der Waals surface area contributed by atoms with Crippen molar-refractivity contribution in [1.29, 1.82) is 0 Å². The Morgan fingerprint density at radius 3 is 2.15 bits per heavy atom. The predicted octanol–water partition coefficient (Wildman–Crippen LogP) is 4.48. The monoisotopic (exact) mass is 356 g/mol. The standard InChI is InChI=1S/C21H24O5/c1-4-24-16-10-7-15(8-11-16)9-12-18(22)21-19(23)13-17(25-5-2)14-20(21)26-6-3/h7-14,23H,4-6H2,1-3H3. The zero-order valence-corrected chi connectivity index (χ0v) is 15.3. The molecule has 0 aliphatic carbocycles. The van der Waals surface area contributed by atoms with Crippen LogP contribution in [0.15, 0.2) is 42.5 Å². The summed E-state index contributed by atoms with van der Waals surface area (Å²) in [5.41, 5.74) is 0.975. The second-order valence-corrected chi connectivity index (χ2v) is 5.38. The lowest BCUT2D eigenvalue weighted by atomic mass is 10.1. The van der Waals surface area contributed by atoms with E-state index in [1.54, 1.807) is 12.1 Å². The first-order valence-corrected chi connectivity index (χ1v) is 8.66. The second kappa shape index (κ2) is 9.51. The molecule has 0 aromatic heterocycles. The molecule has 0 aliphatic rings. The Balaban J connectivity index is 2.24. The van der Waals surface area contributed by atoms with Crippen molar-refractivity contribution in [2.75, 3.05) is 19.8 Å². The minimum atomic E-state index is -0.345. The van der Waals surface area contributed by atoms with Gasteiger partial charge in [-0.05, 0) is 44.5 Å². The van der Waals surface area contributed by atoms with Gasteiger partial charge in [-0.3, -0.25) is 4.79 Å². The molecule has 2 rings (SSSR count). The van der Waals surface area contributed by atoms with E-state index < -0.39 is 0 Å². The molecular weight excluding hydrogens is 332 g/mol. The molecule has 2 aromatic rings. The number of hydrogen-bond donors (Lipinski definition) is 1. The number of phenols is 1. The van der Waals surface area contributed by atoms with Crippen molar-refractivity contribution in [3.05, 3.63) is 53.6 Å². The smallest absolute Gasteiger partial charge is 0.193 e. The molecule has 2 aromatic carbocycles. The summed E-state index contributed by atoms with van der Waals surface area (Å²) >= 11 is 0. The van der Waals surface area contributed by atoms with Gasteiger partial charge in [-0.1, -0.05) is 18.2 Å². The average molecular weight is 356 g/mol. The summed E-state index contributed by atoms with van der Waals surface area (Å²) in [5.74, 6) is 1.03. The van der Waals surface area contributed by atoms with Gasteiger partial charge in [0.05, 0.1) is 19.8 Å². The van der Waals surface area contributed by atoms with Gasteiger partial charge in [0.25, 0.3) is 0 Å². The Morgan fingerprint density at radius 1 is 0.923 bits per heavy atom. The number of aromatic hydroxyl groups is 1. The molecule has 0 radical (unpaired) electrons. The van der Waals surface area contributed by atoms with Gasteiger partial charge in [-0.15, -0.1) is 0 Å². The SMILES string of the molecule is CCOc1ccc(C=CC(=O)c2c(O)cc(OCC)cc2OCC)cc1. The number of hydrogen-bond acceptors (Lipinski definition) is 5. The number of allylic oxidation sites excluding steroid dienone is 1. The maximum absolute atomic E-state index is 12.6. The van der Waals surface area contributed by atoms with Gasteiger partial charge in [0.15, 0.2) is 5.78 Å². The predicted molar refractivity (Wildman–Crippen MR) is 101 cm³/mol. The molecule has 5 nitrogen and oxygen atoms in total. The highest BCUT2D eigenvalue weighted by atomic mass is 16.5. The van der Waals surface area contributed by atoms with Crippen LogP contribution in [0.4, 0.5) is 0 Å². The van der Waals surface area contributed by atoms with Crippen LogP contribution in [0, 0.1) is 0 Å². The normalized spacial score (nSPS) is 10.7. The fourth-order valence-corrected chi connectivity index (χ4v) is 2.44. The number of rotatable bonds is 9. The highest BCUT2D eigenvalue weighted by molar-refractivity contribution is 6.10. The molecule has 0 spiro atoms. The van der Waals surface area contributed by atoms with Gasteiger partial charge in [-0.25, -0.2) is 0 Å². The van der Waals surface area contributed by atoms with Crippen LogP contribution < -0.4 is 14.2 Å². The largest absolute Gasteiger partial charge is 0.507 e. The van der Waals surface area contributed by atoms with Crippen LogP contribution in [-0.2, 0) is 0 Å². The minimum Gasteiger partial charge on any atom is -0.507 e. The van der Waals surface area contributed by atoms with Crippen LogP contribution in [0.25, 0.3) is 6.08 Å². The molecule has 5 heteroatoms. The Hall–Kier alpha value is -2.95. The van der Waals surface area contributed by atoms with E-state index in [-0.39, 0.29) is 17.1 Å². The van der Waals surface area contributed by atoms with Gasteiger partial charge in [0, 0.05) is 12.1 Å². The number of phenolic OH excluding ortho intramolecular Hbond substituents is 1. The number of ketones is 1. The third-order valence-corrected chi connectivity index (χ3v) is 3.53. The lowest BCUT2D eigenvalue weighted by Crippen LogP contribution is -2.03. The highest BCUT2D eigenvalue weighted by Crippen LogP contribution is 2.34. The Labute approximate surface area is 153 Å². The first-order chi connectivity index (χ1) is 12.6. The van der Waals surface area contributed by atoms with Crippen LogP contribution in [0.5, 0.6) is 23.0 Å². The first-order valence-electron chi connectivity index (χ1n) is 8.66. The van der Waals surface area contributed by atoms with Crippen molar-refractivity contribution >= 4 is 11.9 Å². The van der Waals surface area contributed by atoms with Gasteiger partial charge >= 0.3 is 0 Å².